The number of benzene rings is 2. The highest BCUT2D eigenvalue weighted by atomic mass is 16.5. The van der Waals surface area contributed by atoms with Gasteiger partial charge in [-0.1, -0.05) is 45.0 Å². The second-order valence-corrected chi connectivity index (χ2v) is 11.6. The third-order valence-corrected chi connectivity index (χ3v) is 7.78. The standard InChI is InChI=1S/C31H38N2O5/c1-20-18-23-19-22(8-11-25(23)38-20)28(34)26-27(21-6-9-24(10-7-21)31(2,3)4)33(30(36)29(26)35)13-5-12-32-14-16-37-17-15-32/h6-11,19-20,27,34H,5,12-18H2,1-4H3/t20-,27+/m0/s1. The van der Waals surface area contributed by atoms with Gasteiger partial charge in [-0.15, -0.1) is 0 Å². The number of likely N-dealkylation sites (tertiary alicyclic amines) is 1. The maximum atomic E-state index is 13.4. The number of fused-ring (bicyclic) bond motifs is 1. The smallest absolute Gasteiger partial charge is 0.295 e. The van der Waals surface area contributed by atoms with E-state index in [-0.39, 0.29) is 22.9 Å². The van der Waals surface area contributed by atoms with Gasteiger partial charge in [0.15, 0.2) is 0 Å². The highest BCUT2D eigenvalue weighted by molar-refractivity contribution is 6.46. The Balaban J connectivity index is 1.50. The zero-order valence-corrected chi connectivity index (χ0v) is 22.8. The van der Waals surface area contributed by atoms with Crippen molar-refractivity contribution in [3.8, 4) is 5.75 Å². The zero-order chi connectivity index (χ0) is 27.0. The van der Waals surface area contributed by atoms with Crippen LogP contribution >= 0.6 is 0 Å². The number of nitrogens with zero attached hydrogens (tertiary/aromatic N) is 2. The first-order chi connectivity index (χ1) is 18.1. The van der Waals surface area contributed by atoms with Gasteiger partial charge in [-0.3, -0.25) is 14.5 Å². The van der Waals surface area contributed by atoms with Gasteiger partial charge in [0.05, 0.1) is 24.8 Å². The summed E-state index contributed by atoms with van der Waals surface area (Å²) in [6, 6.07) is 12.9. The molecule has 3 aliphatic heterocycles. The summed E-state index contributed by atoms with van der Waals surface area (Å²) in [6.07, 6.45) is 1.54. The molecule has 5 rings (SSSR count). The Labute approximate surface area is 225 Å². The maximum Gasteiger partial charge on any atom is 0.295 e. The van der Waals surface area contributed by atoms with Crippen molar-refractivity contribution in [3.05, 3.63) is 70.3 Å². The fourth-order valence-electron chi connectivity index (χ4n) is 5.64. The largest absolute Gasteiger partial charge is 0.507 e. The molecule has 2 aromatic carbocycles. The number of Topliss-reactive ketones (excluding diaryl/α,β-unsaturated/α-hetero) is 1. The normalized spacial score (nSPS) is 23.5. The molecule has 0 spiro atoms. The first-order valence-corrected chi connectivity index (χ1v) is 13.6. The van der Waals surface area contributed by atoms with Gasteiger partial charge in [-0.25, -0.2) is 0 Å². The average Bonchev–Trinajstić information content (AvgIpc) is 3.39. The van der Waals surface area contributed by atoms with E-state index in [1.165, 1.54) is 5.56 Å². The molecule has 0 aliphatic carbocycles. The minimum absolute atomic E-state index is 0.0257. The Bertz CT molecular complexity index is 1240. The second-order valence-electron chi connectivity index (χ2n) is 11.6. The molecule has 202 valence electrons. The van der Waals surface area contributed by atoms with Crippen LogP contribution in [-0.4, -0.2) is 72.1 Å². The van der Waals surface area contributed by atoms with E-state index in [2.05, 4.69) is 37.8 Å². The van der Waals surface area contributed by atoms with Crippen LogP contribution in [0, 0.1) is 0 Å². The molecule has 0 unspecified atom stereocenters. The fourth-order valence-corrected chi connectivity index (χ4v) is 5.64. The monoisotopic (exact) mass is 518 g/mol. The molecule has 2 saturated heterocycles. The van der Waals surface area contributed by atoms with E-state index in [1.807, 2.05) is 31.2 Å². The third kappa shape index (κ3) is 5.22. The van der Waals surface area contributed by atoms with E-state index < -0.39 is 17.7 Å². The molecule has 0 aromatic heterocycles. The van der Waals surface area contributed by atoms with Gasteiger partial charge >= 0.3 is 0 Å². The van der Waals surface area contributed by atoms with Crippen molar-refractivity contribution < 1.29 is 24.2 Å². The average molecular weight is 519 g/mol. The lowest BCUT2D eigenvalue weighted by atomic mass is 9.85. The molecule has 7 heteroatoms. The van der Waals surface area contributed by atoms with Gasteiger partial charge in [0, 0.05) is 38.2 Å². The van der Waals surface area contributed by atoms with Crippen LogP contribution in [0.5, 0.6) is 5.75 Å². The highest BCUT2D eigenvalue weighted by Gasteiger charge is 2.46. The van der Waals surface area contributed by atoms with E-state index in [9.17, 15) is 14.7 Å². The van der Waals surface area contributed by atoms with Crippen LogP contribution in [0.2, 0.25) is 0 Å². The van der Waals surface area contributed by atoms with Gasteiger partial charge in [-0.05, 0) is 53.6 Å². The van der Waals surface area contributed by atoms with Crippen molar-refractivity contribution in [1.82, 2.24) is 9.80 Å². The lowest BCUT2D eigenvalue weighted by Crippen LogP contribution is -2.39. The van der Waals surface area contributed by atoms with Gasteiger partial charge in [0.1, 0.15) is 17.6 Å². The van der Waals surface area contributed by atoms with Crippen molar-refractivity contribution in [1.29, 1.82) is 0 Å². The fraction of sp³-hybridized carbons (Fsp3) is 0.484. The Kier molecular flexibility index (Phi) is 7.34. The first kappa shape index (κ1) is 26.4. The van der Waals surface area contributed by atoms with Crippen molar-refractivity contribution in [2.24, 2.45) is 0 Å². The predicted molar refractivity (Wildman–Crippen MR) is 146 cm³/mol. The molecule has 1 N–H and O–H groups in total. The van der Waals surface area contributed by atoms with E-state index >= 15 is 0 Å². The van der Waals surface area contributed by atoms with Gasteiger partial charge < -0.3 is 19.5 Å². The Morgan fingerprint density at radius 3 is 2.42 bits per heavy atom. The third-order valence-electron chi connectivity index (χ3n) is 7.78. The Morgan fingerprint density at radius 2 is 1.74 bits per heavy atom. The molecule has 2 aromatic rings. The lowest BCUT2D eigenvalue weighted by Gasteiger charge is -2.29. The molecule has 7 nitrogen and oxygen atoms in total. The topological polar surface area (TPSA) is 79.3 Å². The molecule has 3 aliphatic rings. The molecule has 3 heterocycles. The summed E-state index contributed by atoms with van der Waals surface area (Å²) in [4.78, 5) is 30.7. The number of ether oxygens (including phenoxy) is 2. The highest BCUT2D eigenvalue weighted by Crippen LogP contribution is 2.41. The summed E-state index contributed by atoms with van der Waals surface area (Å²) in [5.74, 6) is -0.529. The number of carbonyl (C=O) groups is 2. The van der Waals surface area contributed by atoms with Crippen LogP contribution in [0.15, 0.2) is 48.0 Å². The molecular formula is C31H38N2O5. The van der Waals surface area contributed by atoms with Crippen molar-refractivity contribution >= 4 is 17.4 Å². The summed E-state index contributed by atoms with van der Waals surface area (Å²) in [6.45, 7) is 12.9. The SMILES string of the molecule is C[C@H]1Cc2cc(C(O)=C3C(=O)C(=O)N(CCCN4CCOCC4)[C@@H]3c3ccc(C(C)(C)C)cc3)ccc2O1. The minimum atomic E-state index is -0.642. The van der Waals surface area contributed by atoms with E-state index in [0.29, 0.717) is 12.1 Å². The number of carbonyl (C=O) groups excluding carboxylic acids is 2. The summed E-state index contributed by atoms with van der Waals surface area (Å²) in [7, 11) is 0. The Morgan fingerprint density at radius 1 is 1.03 bits per heavy atom. The summed E-state index contributed by atoms with van der Waals surface area (Å²) >= 11 is 0. The number of amides is 1. The molecule has 1 amide bonds. The van der Waals surface area contributed by atoms with E-state index in [1.54, 1.807) is 11.0 Å². The van der Waals surface area contributed by atoms with Crippen molar-refractivity contribution in [2.45, 2.75) is 58.1 Å². The molecule has 2 fully saturated rings. The van der Waals surface area contributed by atoms with Crippen LogP contribution in [0.1, 0.15) is 62.4 Å². The number of aliphatic hydroxyl groups is 1. The summed E-state index contributed by atoms with van der Waals surface area (Å²) in [5.41, 5.74) is 3.64. The zero-order valence-electron chi connectivity index (χ0n) is 22.8. The van der Waals surface area contributed by atoms with Crippen molar-refractivity contribution in [2.75, 3.05) is 39.4 Å². The van der Waals surface area contributed by atoms with Crippen LogP contribution in [0.25, 0.3) is 5.76 Å². The summed E-state index contributed by atoms with van der Waals surface area (Å²) in [5, 5.41) is 11.5. The first-order valence-electron chi connectivity index (χ1n) is 13.6. The number of rotatable bonds is 6. The maximum absolute atomic E-state index is 13.4. The number of hydrogen-bond acceptors (Lipinski definition) is 6. The number of aliphatic hydroxyl groups excluding tert-OH is 1. The van der Waals surface area contributed by atoms with Gasteiger partial charge in [0.25, 0.3) is 11.7 Å². The van der Waals surface area contributed by atoms with Crippen LogP contribution in [0.4, 0.5) is 0 Å². The molecular weight excluding hydrogens is 480 g/mol. The Hall–Kier alpha value is -3.16. The molecule has 0 radical (unpaired) electrons. The molecule has 2 atom stereocenters. The van der Waals surface area contributed by atoms with E-state index in [0.717, 1.165) is 62.6 Å². The predicted octanol–water partition coefficient (Wildman–Crippen LogP) is 4.45. The quantitative estimate of drug-likeness (QED) is 0.346. The number of hydrogen-bond donors (Lipinski definition) is 1. The van der Waals surface area contributed by atoms with Crippen LogP contribution in [0.3, 0.4) is 0 Å². The van der Waals surface area contributed by atoms with Gasteiger partial charge in [0.2, 0.25) is 0 Å². The number of ketones is 1. The van der Waals surface area contributed by atoms with Gasteiger partial charge in [-0.2, -0.15) is 0 Å². The summed E-state index contributed by atoms with van der Waals surface area (Å²) < 4.78 is 11.2. The minimum Gasteiger partial charge on any atom is -0.507 e. The molecule has 0 saturated carbocycles. The number of morpholine rings is 1. The molecule has 38 heavy (non-hydrogen) atoms. The van der Waals surface area contributed by atoms with E-state index in [4.69, 9.17) is 9.47 Å². The molecule has 0 bridgehead atoms. The van der Waals surface area contributed by atoms with Crippen molar-refractivity contribution in [3.63, 3.8) is 0 Å². The van der Waals surface area contributed by atoms with Crippen LogP contribution in [-0.2, 0) is 26.2 Å². The van der Waals surface area contributed by atoms with Crippen LogP contribution < -0.4 is 4.74 Å². The lowest BCUT2D eigenvalue weighted by molar-refractivity contribution is -0.140. The second kappa shape index (κ2) is 10.5.